The second kappa shape index (κ2) is 7.23. The molecule has 0 bridgehead atoms. The van der Waals surface area contributed by atoms with E-state index in [1.807, 2.05) is 24.3 Å². The Morgan fingerprint density at radius 3 is 2.43 bits per heavy atom. The molecule has 3 nitrogen and oxygen atoms in total. The second-order valence-corrected chi connectivity index (χ2v) is 5.64. The maximum atomic E-state index is 5.85. The van der Waals surface area contributed by atoms with Crippen molar-refractivity contribution in [3.63, 3.8) is 0 Å². The van der Waals surface area contributed by atoms with Crippen LogP contribution in [0.3, 0.4) is 0 Å². The zero-order valence-electron chi connectivity index (χ0n) is 13.8. The van der Waals surface area contributed by atoms with Crippen molar-refractivity contribution in [2.24, 2.45) is 0 Å². The fourth-order valence-electron chi connectivity index (χ4n) is 2.91. The summed E-state index contributed by atoms with van der Waals surface area (Å²) in [6.45, 7) is 3.71. The Morgan fingerprint density at radius 2 is 1.70 bits per heavy atom. The average molecular weight is 309 g/mol. The number of hydrogen-bond donors (Lipinski definition) is 0. The monoisotopic (exact) mass is 309 g/mol. The highest BCUT2D eigenvalue weighted by Crippen LogP contribution is 2.23. The molecular formula is C20H23NO2. The van der Waals surface area contributed by atoms with Crippen LogP contribution < -0.4 is 9.47 Å². The van der Waals surface area contributed by atoms with Gasteiger partial charge in [-0.05, 0) is 42.3 Å². The van der Waals surface area contributed by atoms with Crippen molar-refractivity contribution in [3.8, 4) is 11.5 Å². The Labute approximate surface area is 137 Å². The van der Waals surface area contributed by atoms with Gasteiger partial charge < -0.3 is 14.0 Å². The van der Waals surface area contributed by atoms with Gasteiger partial charge in [-0.2, -0.15) is 0 Å². The van der Waals surface area contributed by atoms with Gasteiger partial charge in [-0.3, -0.25) is 0 Å². The molecule has 0 spiro atoms. The predicted molar refractivity (Wildman–Crippen MR) is 94.4 cm³/mol. The average Bonchev–Trinajstić information content (AvgIpc) is 2.94. The SMILES string of the molecule is CCCc1cn(CCOc2ccc(OC)cc2)c2ccccc12. The Kier molecular flexibility index (Phi) is 4.86. The summed E-state index contributed by atoms with van der Waals surface area (Å²) in [7, 11) is 1.67. The lowest BCUT2D eigenvalue weighted by molar-refractivity contribution is 0.299. The van der Waals surface area contributed by atoms with Crippen molar-refractivity contribution in [2.75, 3.05) is 13.7 Å². The number of rotatable bonds is 7. The number of benzene rings is 2. The molecule has 0 radical (unpaired) electrons. The van der Waals surface area contributed by atoms with Crippen LogP contribution in [0.4, 0.5) is 0 Å². The number of aromatic nitrogens is 1. The molecule has 0 atom stereocenters. The third kappa shape index (κ3) is 3.50. The van der Waals surface area contributed by atoms with Crippen molar-refractivity contribution in [3.05, 3.63) is 60.3 Å². The number of nitrogens with zero attached hydrogens (tertiary/aromatic N) is 1. The van der Waals surface area contributed by atoms with Gasteiger partial charge in [-0.1, -0.05) is 31.5 Å². The number of para-hydroxylation sites is 1. The van der Waals surface area contributed by atoms with Crippen molar-refractivity contribution in [1.29, 1.82) is 0 Å². The van der Waals surface area contributed by atoms with E-state index >= 15 is 0 Å². The Hall–Kier alpha value is -2.42. The van der Waals surface area contributed by atoms with Crippen LogP contribution in [0.2, 0.25) is 0 Å². The second-order valence-electron chi connectivity index (χ2n) is 5.64. The van der Waals surface area contributed by atoms with E-state index in [4.69, 9.17) is 9.47 Å². The molecule has 120 valence electrons. The van der Waals surface area contributed by atoms with Crippen LogP contribution in [-0.2, 0) is 13.0 Å². The minimum atomic E-state index is 0.649. The molecule has 0 saturated heterocycles. The molecule has 0 fully saturated rings. The van der Waals surface area contributed by atoms with Gasteiger partial charge in [0.1, 0.15) is 18.1 Å². The van der Waals surface area contributed by atoms with Crippen LogP contribution in [-0.4, -0.2) is 18.3 Å². The molecule has 0 unspecified atom stereocenters. The van der Waals surface area contributed by atoms with E-state index in [2.05, 4.69) is 42.0 Å². The largest absolute Gasteiger partial charge is 0.497 e. The van der Waals surface area contributed by atoms with Gasteiger partial charge in [0.25, 0.3) is 0 Å². The summed E-state index contributed by atoms with van der Waals surface area (Å²) in [6.07, 6.45) is 4.55. The quantitative estimate of drug-likeness (QED) is 0.632. The third-order valence-electron chi connectivity index (χ3n) is 4.05. The predicted octanol–water partition coefficient (Wildman–Crippen LogP) is 4.68. The summed E-state index contributed by atoms with van der Waals surface area (Å²) in [5.41, 5.74) is 2.71. The zero-order valence-corrected chi connectivity index (χ0v) is 13.8. The molecule has 0 saturated carbocycles. The zero-order chi connectivity index (χ0) is 16.1. The Bertz CT molecular complexity index is 759. The molecule has 3 rings (SSSR count). The summed E-state index contributed by atoms with van der Waals surface area (Å²) in [5.74, 6) is 1.72. The summed E-state index contributed by atoms with van der Waals surface area (Å²) in [4.78, 5) is 0. The van der Waals surface area contributed by atoms with Gasteiger partial charge in [0.15, 0.2) is 0 Å². The normalized spacial score (nSPS) is 10.9. The summed E-state index contributed by atoms with van der Waals surface area (Å²) in [6, 6.07) is 16.3. The van der Waals surface area contributed by atoms with Crippen molar-refractivity contribution >= 4 is 10.9 Å². The fraction of sp³-hybridized carbons (Fsp3) is 0.300. The minimum absolute atomic E-state index is 0.649. The van der Waals surface area contributed by atoms with Crippen LogP contribution in [0.5, 0.6) is 11.5 Å². The number of aryl methyl sites for hydroxylation is 1. The third-order valence-corrected chi connectivity index (χ3v) is 4.05. The first-order valence-electron chi connectivity index (χ1n) is 8.15. The first-order valence-corrected chi connectivity index (χ1v) is 8.15. The van der Waals surface area contributed by atoms with Gasteiger partial charge in [-0.15, -0.1) is 0 Å². The van der Waals surface area contributed by atoms with E-state index < -0.39 is 0 Å². The van der Waals surface area contributed by atoms with E-state index in [9.17, 15) is 0 Å². The summed E-state index contributed by atoms with van der Waals surface area (Å²) >= 11 is 0. The van der Waals surface area contributed by atoms with Gasteiger partial charge >= 0.3 is 0 Å². The van der Waals surface area contributed by atoms with Crippen LogP contribution >= 0.6 is 0 Å². The standard InChI is InChI=1S/C20H23NO2/c1-3-6-16-15-21(20-8-5-4-7-19(16)20)13-14-23-18-11-9-17(22-2)10-12-18/h4-5,7-12,15H,3,6,13-14H2,1-2H3. The molecule has 1 heterocycles. The molecule has 0 N–H and O–H groups in total. The molecule has 23 heavy (non-hydrogen) atoms. The Morgan fingerprint density at radius 1 is 0.957 bits per heavy atom. The molecular weight excluding hydrogens is 286 g/mol. The first-order chi connectivity index (χ1) is 11.3. The Balaban J connectivity index is 1.69. The molecule has 3 aromatic rings. The summed E-state index contributed by atoms with van der Waals surface area (Å²) < 4.78 is 13.3. The number of ether oxygens (including phenoxy) is 2. The van der Waals surface area contributed by atoms with Gasteiger partial charge in [-0.25, -0.2) is 0 Å². The van der Waals surface area contributed by atoms with Crippen molar-refractivity contribution in [1.82, 2.24) is 4.57 Å². The highest BCUT2D eigenvalue weighted by atomic mass is 16.5. The molecule has 1 aromatic heterocycles. The van der Waals surface area contributed by atoms with E-state index in [0.29, 0.717) is 6.61 Å². The van der Waals surface area contributed by atoms with Crippen molar-refractivity contribution < 1.29 is 9.47 Å². The van der Waals surface area contributed by atoms with Crippen LogP contribution in [0.1, 0.15) is 18.9 Å². The topological polar surface area (TPSA) is 23.4 Å². The number of hydrogen-bond acceptors (Lipinski definition) is 2. The highest BCUT2D eigenvalue weighted by Gasteiger charge is 2.07. The first kappa shape index (κ1) is 15.5. The summed E-state index contributed by atoms with van der Waals surface area (Å²) in [5, 5.41) is 1.36. The van der Waals surface area contributed by atoms with Gasteiger partial charge in [0, 0.05) is 17.1 Å². The van der Waals surface area contributed by atoms with E-state index in [1.54, 1.807) is 7.11 Å². The maximum absolute atomic E-state index is 5.85. The van der Waals surface area contributed by atoms with Crippen molar-refractivity contribution in [2.45, 2.75) is 26.3 Å². The lowest BCUT2D eigenvalue weighted by Gasteiger charge is -2.09. The number of methoxy groups -OCH3 is 1. The smallest absolute Gasteiger partial charge is 0.119 e. The van der Waals surface area contributed by atoms with Crippen LogP contribution in [0.25, 0.3) is 10.9 Å². The number of fused-ring (bicyclic) bond motifs is 1. The lowest BCUT2D eigenvalue weighted by Crippen LogP contribution is -2.07. The van der Waals surface area contributed by atoms with Crippen LogP contribution in [0.15, 0.2) is 54.7 Å². The van der Waals surface area contributed by atoms with E-state index in [-0.39, 0.29) is 0 Å². The fourth-order valence-corrected chi connectivity index (χ4v) is 2.91. The van der Waals surface area contributed by atoms with E-state index in [0.717, 1.165) is 30.9 Å². The van der Waals surface area contributed by atoms with E-state index in [1.165, 1.54) is 16.5 Å². The maximum Gasteiger partial charge on any atom is 0.119 e. The molecule has 0 amide bonds. The van der Waals surface area contributed by atoms with Gasteiger partial charge in [0.2, 0.25) is 0 Å². The molecule has 0 aliphatic rings. The molecule has 2 aromatic carbocycles. The highest BCUT2D eigenvalue weighted by molar-refractivity contribution is 5.83. The molecule has 0 aliphatic carbocycles. The van der Waals surface area contributed by atoms with Crippen LogP contribution in [0, 0.1) is 0 Å². The van der Waals surface area contributed by atoms with Gasteiger partial charge in [0.05, 0.1) is 13.7 Å². The lowest BCUT2D eigenvalue weighted by atomic mass is 10.1. The molecule has 3 heteroatoms. The minimum Gasteiger partial charge on any atom is -0.497 e. The molecule has 0 aliphatic heterocycles.